The van der Waals surface area contributed by atoms with Gasteiger partial charge in [0.2, 0.25) is 0 Å². The molecule has 0 amide bonds. The van der Waals surface area contributed by atoms with Crippen LogP contribution in [0.4, 0.5) is 4.39 Å². The zero-order valence-electron chi connectivity index (χ0n) is 14.1. The largest absolute Gasteiger partial charge is 0.369 e. The number of rotatable bonds is 4. The highest BCUT2D eigenvalue weighted by atomic mass is 19.1. The molecule has 2 atom stereocenters. The van der Waals surface area contributed by atoms with Gasteiger partial charge in [-0.2, -0.15) is 0 Å². The van der Waals surface area contributed by atoms with Crippen LogP contribution >= 0.6 is 0 Å². The van der Waals surface area contributed by atoms with Crippen LogP contribution in [0.15, 0.2) is 18.2 Å². The third-order valence-electron chi connectivity index (χ3n) is 4.54. The molecule has 3 heteroatoms. The summed E-state index contributed by atoms with van der Waals surface area (Å²) in [7, 11) is 0. The van der Waals surface area contributed by atoms with Crippen molar-refractivity contribution in [2.45, 2.75) is 65.2 Å². The predicted molar refractivity (Wildman–Crippen MR) is 84.9 cm³/mol. The summed E-state index contributed by atoms with van der Waals surface area (Å²) in [6, 6.07) is 5.28. The van der Waals surface area contributed by atoms with Crippen molar-refractivity contribution in [3.8, 4) is 0 Å². The molecule has 1 saturated heterocycles. The Labute approximate surface area is 128 Å². The van der Waals surface area contributed by atoms with E-state index in [9.17, 15) is 4.39 Å². The molecule has 1 fully saturated rings. The lowest BCUT2D eigenvalue weighted by Crippen LogP contribution is -2.38. The second-order valence-corrected chi connectivity index (χ2v) is 7.31. The van der Waals surface area contributed by atoms with Gasteiger partial charge in [0.1, 0.15) is 5.82 Å². The van der Waals surface area contributed by atoms with Gasteiger partial charge >= 0.3 is 0 Å². The van der Waals surface area contributed by atoms with E-state index < -0.39 is 0 Å². The zero-order chi connectivity index (χ0) is 15.8. The number of halogens is 1. The van der Waals surface area contributed by atoms with E-state index >= 15 is 0 Å². The molecule has 0 radical (unpaired) electrons. The lowest BCUT2D eigenvalue weighted by Gasteiger charge is -2.34. The second-order valence-electron chi connectivity index (χ2n) is 7.31. The van der Waals surface area contributed by atoms with Gasteiger partial charge in [0.15, 0.2) is 0 Å². The molecule has 0 bridgehead atoms. The molecule has 2 nitrogen and oxygen atoms in total. The van der Waals surface area contributed by atoms with Gasteiger partial charge in [0, 0.05) is 12.0 Å². The maximum absolute atomic E-state index is 13.4. The number of hydrogen-bond acceptors (Lipinski definition) is 2. The van der Waals surface area contributed by atoms with Gasteiger partial charge < -0.3 is 10.1 Å². The molecule has 118 valence electrons. The van der Waals surface area contributed by atoms with E-state index in [-0.39, 0.29) is 23.1 Å². The van der Waals surface area contributed by atoms with Gasteiger partial charge in [0.05, 0.1) is 11.2 Å². The molecule has 0 spiro atoms. The highest BCUT2D eigenvalue weighted by Gasteiger charge is 2.49. The molecule has 1 aliphatic heterocycles. The van der Waals surface area contributed by atoms with Crippen molar-refractivity contribution in [3.05, 3.63) is 35.1 Å². The standard InChI is InChI=1S/C18H28FNO/c1-7-20-16(14-9-8-13(19)10-12(14)2)15-11-17(3,4)21-18(15,5)6/h8-10,15-16,20H,7,11H2,1-6H3. The van der Waals surface area contributed by atoms with Crippen LogP contribution < -0.4 is 5.32 Å². The first-order valence-electron chi connectivity index (χ1n) is 7.86. The monoisotopic (exact) mass is 293 g/mol. The van der Waals surface area contributed by atoms with E-state index in [1.54, 1.807) is 12.1 Å². The summed E-state index contributed by atoms with van der Waals surface area (Å²) in [6.45, 7) is 13.6. The fourth-order valence-corrected chi connectivity index (χ4v) is 3.80. The molecule has 1 aliphatic rings. The van der Waals surface area contributed by atoms with Crippen molar-refractivity contribution in [3.63, 3.8) is 0 Å². The molecule has 1 N–H and O–H groups in total. The van der Waals surface area contributed by atoms with E-state index in [1.807, 2.05) is 13.0 Å². The molecule has 0 aromatic heterocycles. The van der Waals surface area contributed by atoms with Crippen LogP contribution in [0.5, 0.6) is 0 Å². The number of benzene rings is 1. The van der Waals surface area contributed by atoms with Gasteiger partial charge in [-0.05, 0) is 70.8 Å². The van der Waals surface area contributed by atoms with Crippen LogP contribution in [0, 0.1) is 18.7 Å². The average Bonchev–Trinajstić information content (AvgIpc) is 2.55. The van der Waals surface area contributed by atoms with Crippen molar-refractivity contribution in [1.29, 1.82) is 0 Å². The molecule has 0 saturated carbocycles. The third-order valence-corrected chi connectivity index (χ3v) is 4.54. The molecular weight excluding hydrogens is 265 g/mol. The van der Waals surface area contributed by atoms with Crippen molar-refractivity contribution in [2.24, 2.45) is 5.92 Å². The van der Waals surface area contributed by atoms with Gasteiger partial charge in [-0.25, -0.2) is 4.39 Å². The Kier molecular flexibility index (Phi) is 4.46. The Morgan fingerprint density at radius 3 is 2.48 bits per heavy atom. The Hall–Kier alpha value is -0.930. The lowest BCUT2D eigenvalue weighted by atomic mass is 9.78. The first-order valence-corrected chi connectivity index (χ1v) is 7.86. The smallest absolute Gasteiger partial charge is 0.123 e. The molecule has 0 aliphatic carbocycles. The highest BCUT2D eigenvalue weighted by molar-refractivity contribution is 5.31. The fraction of sp³-hybridized carbons (Fsp3) is 0.667. The van der Waals surface area contributed by atoms with Crippen LogP contribution in [0.2, 0.25) is 0 Å². The van der Waals surface area contributed by atoms with Crippen molar-refractivity contribution < 1.29 is 9.13 Å². The van der Waals surface area contributed by atoms with E-state index in [2.05, 4.69) is 39.9 Å². The summed E-state index contributed by atoms with van der Waals surface area (Å²) in [5.74, 6) is 0.186. The molecule has 1 aromatic rings. The molecule has 1 aromatic carbocycles. The van der Waals surface area contributed by atoms with Gasteiger partial charge in [-0.1, -0.05) is 13.0 Å². The Balaban J connectivity index is 2.39. The molecule has 21 heavy (non-hydrogen) atoms. The van der Waals surface area contributed by atoms with E-state index in [0.717, 1.165) is 18.5 Å². The number of aryl methyl sites for hydroxylation is 1. The Morgan fingerprint density at radius 2 is 2.00 bits per heavy atom. The number of hydrogen-bond donors (Lipinski definition) is 1. The summed E-state index contributed by atoms with van der Waals surface area (Å²) in [4.78, 5) is 0. The first-order chi connectivity index (χ1) is 9.66. The molecule has 2 unspecified atom stereocenters. The summed E-state index contributed by atoms with van der Waals surface area (Å²) in [5, 5.41) is 3.59. The highest BCUT2D eigenvalue weighted by Crippen LogP contribution is 2.48. The van der Waals surface area contributed by atoms with Crippen LogP contribution in [0.1, 0.15) is 58.2 Å². The molecular formula is C18H28FNO. The van der Waals surface area contributed by atoms with E-state index in [1.165, 1.54) is 5.56 Å². The normalized spacial score (nSPS) is 25.0. The summed E-state index contributed by atoms with van der Waals surface area (Å²) >= 11 is 0. The topological polar surface area (TPSA) is 21.3 Å². The second kappa shape index (κ2) is 5.69. The Morgan fingerprint density at radius 1 is 1.33 bits per heavy atom. The van der Waals surface area contributed by atoms with Gasteiger partial charge in [0.25, 0.3) is 0 Å². The first kappa shape index (κ1) is 16.4. The fourth-order valence-electron chi connectivity index (χ4n) is 3.80. The van der Waals surface area contributed by atoms with Gasteiger partial charge in [-0.15, -0.1) is 0 Å². The predicted octanol–water partition coefficient (Wildman–Crippen LogP) is 4.38. The number of ether oxygens (including phenoxy) is 1. The van der Waals surface area contributed by atoms with Crippen LogP contribution in [0.25, 0.3) is 0 Å². The van der Waals surface area contributed by atoms with Crippen molar-refractivity contribution in [2.75, 3.05) is 6.54 Å². The van der Waals surface area contributed by atoms with Crippen LogP contribution in [-0.4, -0.2) is 17.7 Å². The van der Waals surface area contributed by atoms with Crippen LogP contribution in [-0.2, 0) is 4.74 Å². The quantitative estimate of drug-likeness (QED) is 0.889. The maximum Gasteiger partial charge on any atom is 0.123 e. The minimum atomic E-state index is -0.197. The SMILES string of the molecule is CCNC(c1ccc(F)cc1C)C1CC(C)(C)OC1(C)C. The minimum Gasteiger partial charge on any atom is -0.369 e. The zero-order valence-corrected chi connectivity index (χ0v) is 14.1. The van der Waals surface area contributed by atoms with Crippen molar-refractivity contribution in [1.82, 2.24) is 5.32 Å². The Bertz CT molecular complexity index is 510. The summed E-state index contributed by atoms with van der Waals surface area (Å²) in [6.07, 6.45) is 0.995. The number of nitrogens with one attached hydrogen (secondary N) is 1. The summed E-state index contributed by atoms with van der Waals surface area (Å²) < 4.78 is 19.7. The van der Waals surface area contributed by atoms with Crippen molar-refractivity contribution >= 4 is 0 Å². The van der Waals surface area contributed by atoms with E-state index in [4.69, 9.17) is 4.74 Å². The maximum atomic E-state index is 13.4. The minimum absolute atomic E-state index is 0.115. The van der Waals surface area contributed by atoms with E-state index in [0.29, 0.717) is 5.92 Å². The van der Waals surface area contributed by atoms with Gasteiger partial charge in [-0.3, -0.25) is 0 Å². The summed E-state index contributed by atoms with van der Waals surface area (Å²) in [5.41, 5.74) is 1.87. The van der Waals surface area contributed by atoms with Crippen LogP contribution in [0.3, 0.4) is 0 Å². The molecule has 1 heterocycles. The average molecular weight is 293 g/mol. The molecule has 2 rings (SSSR count). The lowest BCUT2D eigenvalue weighted by molar-refractivity contribution is -0.0778. The third kappa shape index (κ3) is 3.46.